The summed E-state index contributed by atoms with van der Waals surface area (Å²) >= 11 is 5.62. The standard InChI is InChI=1S/C13H12BrF2NS2/c1-8(10-6-7-12(14)18-10)17-9-4-2-3-5-11(9)19-13(15)16/h2-8,13,17H,1H3. The van der Waals surface area contributed by atoms with Crippen LogP contribution in [0.4, 0.5) is 14.5 Å². The average molecular weight is 364 g/mol. The zero-order chi connectivity index (χ0) is 13.8. The molecule has 0 spiro atoms. The van der Waals surface area contributed by atoms with Gasteiger partial charge in [0.15, 0.2) is 0 Å². The van der Waals surface area contributed by atoms with Crippen molar-refractivity contribution in [2.75, 3.05) is 5.32 Å². The third-order valence-electron chi connectivity index (χ3n) is 2.50. The van der Waals surface area contributed by atoms with Gasteiger partial charge in [-0.05, 0) is 47.1 Å². The summed E-state index contributed by atoms with van der Waals surface area (Å²) in [4.78, 5) is 1.73. The fourth-order valence-corrected chi connectivity index (χ4v) is 3.68. The molecule has 0 fully saturated rings. The van der Waals surface area contributed by atoms with Gasteiger partial charge in [-0.1, -0.05) is 23.9 Å². The summed E-state index contributed by atoms with van der Waals surface area (Å²) in [6.07, 6.45) is 0. The molecular formula is C13H12BrF2NS2. The summed E-state index contributed by atoms with van der Waals surface area (Å²) in [7, 11) is 0. The monoisotopic (exact) mass is 363 g/mol. The van der Waals surface area contributed by atoms with Gasteiger partial charge in [-0.2, -0.15) is 8.78 Å². The second kappa shape index (κ2) is 6.72. The van der Waals surface area contributed by atoms with Crippen molar-refractivity contribution in [2.45, 2.75) is 23.6 Å². The molecule has 0 bridgehead atoms. The normalized spacial score (nSPS) is 12.7. The van der Waals surface area contributed by atoms with Crippen molar-refractivity contribution in [2.24, 2.45) is 0 Å². The zero-order valence-corrected chi connectivity index (χ0v) is 13.3. The van der Waals surface area contributed by atoms with Crippen LogP contribution in [0.5, 0.6) is 0 Å². The molecule has 1 heterocycles. The van der Waals surface area contributed by atoms with Gasteiger partial charge in [0.05, 0.1) is 9.83 Å². The predicted octanol–water partition coefficient (Wildman–Crippen LogP) is 6.00. The lowest BCUT2D eigenvalue weighted by atomic mass is 10.2. The Balaban J connectivity index is 2.14. The summed E-state index contributed by atoms with van der Waals surface area (Å²) in [5, 5.41) is 3.28. The molecule has 1 nitrogen and oxygen atoms in total. The van der Waals surface area contributed by atoms with E-state index in [9.17, 15) is 8.78 Å². The van der Waals surface area contributed by atoms with E-state index in [2.05, 4.69) is 21.2 Å². The minimum absolute atomic E-state index is 0.0794. The smallest absolute Gasteiger partial charge is 0.288 e. The molecule has 19 heavy (non-hydrogen) atoms. The Labute approximate surface area is 127 Å². The fourth-order valence-electron chi connectivity index (χ4n) is 1.65. The molecule has 1 N–H and O–H groups in total. The van der Waals surface area contributed by atoms with Gasteiger partial charge in [0.2, 0.25) is 0 Å². The van der Waals surface area contributed by atoms with Crippen LogP contribution >= 0.6 is 39.0 Å². The molecule has 1 aromatic carbocycles. The van der Waals surface area contributed by atoms with E-state index in [0.29, 0.717) is 16.7 Å². The minimum Gasteiger partial charge on any atom is -0.377 e. The van der Waals surface area contributed by atoms with Crippen molar-refractivity contribution < 1.29 is 8.78 Å². The second-order valence-corrected chi connectivity index (χ2v) is 7.41. The topological polar surface area (TPSA) is 12.0 Å². The molecule has 6 heteroatoms. The van der Waals surface area contributed by atoms with E-state index >= 15 is 0 Å². The number of hydrogen-bond acceptors (Lipinski definition) is 3. The Morgan fingerprint density at radius 2 is 1.95 bits per heavy atom. The molecule has 0 saturated carbocycles. The number of thiophene rings is 1. The van der Waals surface area contributed by atoms with Crippen molar-refractivity contribution in [3.05, 3.63) is 45.1 Å². The molecule has 102 valence electrons. The first-order valence-corrected chi connectivity index (χ1v) is 8.11. The summed E-state index contributed by atoms with van der Waals surface area (Å²) in [5.41, 5.74) is 0.741. The largest absolute Gasteiger partial charge is 0.377 e. The summed E-state index contributed by atoms with van der Waals surface area (Å²) < 4.78 is 26.1. The zero-order valence-electron chi connectivity index (χ0n) is 10.1. The maximum atomic E-state index is 12.5. The van der Waals surface area contributed by atoms with Gasteiger partial charge in [0.25, 0.3) is 5.76 Å². The molecule has 0 amide bonds. The third kappa shape index (κ3) is 4.19. The van der Waals surface area contributed by atoms with E-state index < -0.39 is 5.76 Å². The number of nitrogens with one attached hydrogen (secondary N) is 1. The first kappa shape index (κ1) is 14.8. The quantitative estimate of drug-likeness (QED) is 0.653. The maximum Gasteiger partial charge on any atom is 0.288 e. The first-order valence-electron chi connectivity index (χ1n) is 5.62. The lowest BCUT2D eigenvalue weighted by molar-refractivity contribution is 0.252. The summed E-state index contributed by atoms with van der Waals surface area (Å²) in [5.74, 6) is -2.41. The van der Waals surface area contributed by atoms with Gasteiger partial charge in [0, 0.05) is 15.5 Å². The highest BCUT2D eigenvalue weighted by atomic mass is 79.9. The summed E-state index contributed by atoms with van der Waals surface area (Å²) in [6, 6.07) is 11.2. The van der Waals surface area contributed by atoms with Crippen molar-refractivity contribution >= 4 is 44.7 Å². The van der Waals surface area contributed by atoms with Gasteiger partial charge in [-0.25, -0.2) is 0 Å². The Morgan fingerprint density at radius 3 is 2.58 bits per heavy atom. The molecule has 0 aliphatic rings. The van der Waals surface area contributed by atoms with Crippen LogP contribution in [0, 0.1) is 0 Å². The Bertz CT molecular complexity index is 545. The van der Waals surface area contributed by atoms with Crippen LogP contribution in [0.2, 0.25) is 0 Å². The molecule has 0 aliphatic carbocycles. The fraction of sp³-hybridized carbons (Fsp3) is 0.231. The van der Waals surface area contributed by atoms with E-state index in [1.54, 1.807) is 23.5 Å². The minimum atomic E-state index is -2.41. The lowest BCUT2D eigenvalue weighted by Crippen LogP contribution is -2.05. The van der Waals surface area contributed by atoms with Crippen molar-refractivity contribution in [3.63, 3.8) is 0 Å². The molecule has 0 saturated heterocycles. The maximum absolute atomic E-state index is 12.5. The number of halogens is 3. The number of benzene rings is 1. The van der Waals surface area contributed by atoms with Gasteiger partial charge >= 0.3 is 0 Å². The molecule has 1 atom stereocenters. The number of para-hydroxylation sites is 1. The first-order chi connectivity index (χ1) is 9.06. The van der Waals surface area contributed by atoms with Crippen molar-refractivity contribution in [3.8, 4) is 0 Å². The predicted molar refractivity (Wildman–Crippen MR) is 82.4 cm³/mol. The Morgan fingerprint density at radius 1 is 1.21 bits per heavy atom. The highest BCUT2D eigenvalue weighted by Crippen LogP contribution is 2.35. The molecule has 2 aromatic rings. The van der Waals surface area contributed by atoms with Gasteiger partial charge in [0.1, 0.15) is 0 Å². The van der Waals surface area contributed by atoms with Crippen LogP contribution in [0.25, 0.3) is 0 Å². The highest BCUT2D eigenvalue weighted by molar-refractivity contribution is 9.11. The number of anilines is 1. The van der Waals surface area contributed by atoms with Crippen LogP contribution in [0.3, 0.4) is 0 Å². The molecule has 2 rings (SSSR count). The third-order valence-corrected chi connectivity index (χ3v) is 5.09. The molecule has 1 unspecified atom stereocenters. The SMILES string of the molecule is CC(Nc1ccccc1SC(F)F)c1ccc(Br)s1. The molecule has 1 aromatic heterocycles. The van der Waals surface area contributed by atoms with Crippen LogP contribution in [-0.2, 0) is 0 Å². The van der Waals surface area contributed by atoms with E-state index in [1.165, 1.54) is 0 Å². The van der Waals surface area contributed by atoms with Gasteiger partial charge < -0.3 is 5.32 Å². The average Bonchev–Trinajstić information content (AvgIpc) is 2.78. The van der Waals surface area contributed by atoms with Crippen molar-refractivity contribution in [1.29, 1.82) is 0 Å². The Kier molecular flexibility index (Phi) is 5.24. The molecule has 0 aliphatic heterocycles. The highest BCUT2D eigenvalue weighted by Gasteiger charge is 2.13. The Hall–Kier alpha value is -0.590. The molecular weight excluding hydrogens is 352 g/mol. The van der Waals surface area contributed by atoms with E-state index in [1.807, 2.05) is 31.2 Å². The number of rotatable bonds is 5. The van der Waals surface area contributed by atoms with E-state index in [-0.39, 0.29) is 6.04 Å². The van der Waals surface area contributed by atoms with Crippen LogP contribution in [-0.4, -0.2) is 5.76 Å². The van der Waals surface area contributed by atoms with Gasteiger partial charge in [-0.3, -0.25) is 0 Å². The number of hydrogen-bond donors (Lipinski definition) is 1. The summed E-state index contributed by atoms with van der Waals surface area (Å²) in [6.45, 7) is 2.02. The van der Waals surface area contributed by atoms with E-state index in [4.69, 9.17) is 0 Å². The number of alkyl halides is 2. The van der Waals surface area contributed by atoms with Gasteiger partial charge in [-0.15, -0.1) is 11.3 Å². The van der Waals surface area contributed by atoms with Crippen molar-refractivity contribution in [1.82, 2.24) is 0 Å². The lowest BCUT2D eigenvalue weighted by Gasteiger charge is -2.16. The van der Waals surface area contributed by atoms with Crippen LogP contribution in [0.1, 0.15) is 17.8 Å². The number of thioether (sulfide) groups is 1. The van der Waals surface area contributed by atoms with Crippen LogP contribution < -0.4 is 5.32 Å². The second-order valence-electron chi connectivity index (χ2n) is 3.88. The van der Waals surface area contributed by atoms with E-state index in [0.717, 1.165) is 14.4 Å². The molecule has 0 radical (unpaired) electrons. The van der Waals surface area contributed by atoms with Crippen LogP contribution in [0.15, 0.2) is 45.1 Å².